The van der Waals surface area contributed by atoms with E-state index in [4.69, 9.17) is 0 Å². The second-order valence-corrected chi connectivity index (χ2v) is 2.98. The van der Waals surface area contributed by atoms with E-state index in [1.165, 1.54) is 7.11 Å². The topological polar surface area (TPSA) is 21.3 Å². The summed E-state index contributed by atoms with van der Waals surface area (Å²) in [4.78, 5) is 0. The van der Waals surface area contributed by atoms with Crippen LogP contribution in [0.2, 0.25) is 0 Å². The second-order valence-electron chi connectivity index (χ2n) is 2.66. The molecule has 0 spiro atoms. The van der Waals surface area contributed by atoms with Crippen LogP contribution in [0.5, 0.6) is 5.75 Å². The van der Waals surface area contributed by atoms with Crippen molar-refractivity contribution in [2.75, 3.05) is 13.0 Å². The maximum Gasteiger partial charge on any atom is 0.165 e. The van der Waals surface area contributed by atoms with Crippen LogP contribution < -0.4 is 10.1 Å². The zero-order valence-corrected chi connectivity index (χ0v) is 8.57. The minimum Gasteiger partial charge on any atom is -0.494 e. The first kappa shape index (κ1) is 11.3. The number of hydrogen-bond donors (Lipinski definition) is 2. The molecule has 1 aromatic carbocycles. The molecular formula is C9H11F2NOS. The Morgan fingerprint density at radius 1 is 1.36 bits per heavy atom. The van der Waals surface area contributed by atoms with Gasteiger partial charge in [-0.1, -0.05) is 0 Å². The fourth-order valence-corrected chi connectivity index (χ4v) is 1.16. The molecule has 0 aliphatic heterocycles. The van der Waals surface area contributed by atoms with Crippen molar-refractivity contribution >= 4 is 12.6 Å². The van der Waals surface area contributed by atoms with Gasteiger partial charge in [0.05, 0.1) is 7.11 Å². The van der Waals surface area contributed by atoms with Crippen molar-refractivity contribution in [2.45, 2.75) is 6.54 Å². The van der Waals surface area contributed by atoms with Crippen LogP contribution >= 0.6 is 12.6 Å². The summed E-state index contributed by atoms with van der Waals surface area (Å²) in [5, 5.41) is 2.79. The number of methoxy groups -OCH3 is 1. The number of hydrogen-bond acceptors (Lipinski definition) is 3. The third-order valence-corrected chi connectivity index (χ3v) is 1.97. The van der Waals surface area contributed by atoms with E-state index in [2.05, 4.69) is 22.7 Å². The highest BCUT2D eigenvalue weighted by Gasteiger charge is 2.09. The van der Waals surface area contributed by atoms with Crippen molar-refractivity contribution in [3.05, 3.63) is 29.3 Å². The fourth-order valence-electron chi connectivity index (χ4n) is 1.05. The van der Waals surface area contributed by atoms with Gasteiger partial charge in [0.25, 0.3) is 0 Å². The number of benzene rings is 1. The summed E-state index contributed by atoms with van der Waals surface area (Å²) in [6.45, 7) is 0.246. The van der Waals surface area contributed by atoms with Crippen LogP contribution in [0.3, 0.4) is 0 Å². The van der Waals surface area contributed by atoms with Gasteiger partial charge in [0, 0.05) is 24.1 Å². The zero-order chi connectivity index (χ0) is 10.6. The Morgan fingerprint density at radius 3 is 2.64 bits per heavy atom. The maximum atomic E-state index is 13.2. The lowest BCUT2D eigenvalue weighted by atomic mass is 10.2. The lowest BCUT2D eigenvalue weighted by Gasteiger charge is -2.07. The molecular weight excluding hydrogens is 208 g/mol. The van der Waals surface area contributed by atoms with E-state index in [9.17, 15) is 8.78 Å². The predicted molar refractivity (Wildman–Crippen MR) is 53.6 cm³/mol. The summed E-state index contributed by atoms with van der Waals surface area (Å²) in [5.41, 5.74) is 0.261. The molecule has 78 valence electrons. The van der Waals surface area contributed by atoms with Gasteiger partial charge in [0.1, 0.15) is 5.82 Å². The first-order valence-corrected chi connectivity index (χ1v) is 4.65. The molecule has 0 aliphatic carbocycles. The van der Waals surface area contributed by atoms with Gasteiger partial charge in [-0.25, -0.2) is 8.78 Å². The van der Waals surface area contributed by atoms with Gasteiger partial charge in [-0.3, -0.25) is 0 Å². The molecule has 0 radical (unpaired) electrons. The van der Waals surface area contributed by atoms with Crippen molar-refractivity contribution in [3.63, 3.8) is 0 Å². The average Bonchev–Trinajstić information content (AvgIpc) is 2.18. The normalized spacial score (nSPS) is 10.3. The van der Waals surface area contributed by atoms with Crippen molar-refractivity contribution in [1.29, 1.82) is 0 Å². The highest BCUT2D eigenvalue weighted by Crippen LogP contribution is 2.20. The molecule has 0 fully saturated rings. The molecule has 1 aromatic rings. The first-order valence-electron chi connectivity index (χ1n) is 4.02. The van der Waals surface area contributed by atoms with Gasteiger partial charge in [-0.2, -0.15) is 12.6 Å². The van der Waals surface area contributed by atoms with E-state index < -0.39 is 11.6 Å². The predicted octanol–water partition coefficient (Wildman–Crippen LogP) is 1.95. The van der Waals surface area contributed by atoms with Gasteiger partial charge in [-0.05, 0) is 6.07 Å². The Balaban J connectivity index is 2.90. The molecule has 0 unspecified atom stereocenters. The van der Waals surface area contributed by atoms with Gasteiger partial charge in [0.2, 0.25) is 0 Å². The van der Waals surface area contributed by atoms with Crippen molar-refractivity contribution in [3.8, 4) is 5.75 Å². The quantitative estimate of drug-likeness (QED) is 0.596. The number of thiol groups is 1. The molecule has 1 rings (SSSR count). The Kier molecular flexibility index (Phi) is 4.16. The number of nitrogens with one attached hydrogen (secondary N) is 1. The van der Waals surface area contributed by atoms with E-state index in [0.717, 1.165) is 12.1 Å². The van der Waals surface area contributed by atoms with Gasteiger partial charge < -0.3 is 10.1 Å². The molecule has 0 bridgehead atoms. The average molecular weight is 219 g/mol. The standard InChI is InChI=1S/C9H11F2NOS/c1-13-9-3-7(10)6(2-8(9)11)4-12-5-14/h2-3,12,14H,4-5H2,1H3. The monoisotopic (exact) mass is 219 g/mol. The molecule has 0 aliphatic rings. The Bertz CT molecular complexity index is 320. The smallest absolute Gasteiger partial charge is 0.165 e. The summed E-state index contributed by atoms with van der Waals surface area (Å²) < 4.78 is 31.0. The van der Waals surface area contributed by atoms with E-state index in [1.54, 1.807) is 0 Å². The second kappa shape index (κ2) is 5.17. The largest absolute Gasteiger partial charge is 0.494 e. The van der Waals surface area contributed by atoms with E-state index in [1.807, 2.05) is 0 Å². The van der Waals surface area contributed by atoms with E-state index in [0.29, 0.717) is 5.88 Å². The SMILES string of the molecule is COc1cc(F)c(CNCS)cc1F. The molecule has 5 heteroatoms. The minimum absolute atomic E-state index is 0.0860. The third kappa shape index (κ3) is 2.59. The zero-order valence-electron chi connectivity index (χ0n) is 7.68. The van der Waals surface area contributed by atoms with E-state index in [-0.39, 0.29) is 17.9 Å². The number of halogens is 2. The molecule has 2 nitrogen and oxygen atoms in total. The molecule has 0 saturated carbocycles. The van der Waals surface area contributed by atoms with Crippen LogP contribution in [0, 0.1) is 11.6 Å². The van der Waals surface area contributed by atoms with Crippen molar-refractivity contribution < 1.29 is 13.5 Å². The molecule has 0 saturated heterocycles. The van der Waals surface area contributed by atoms with E-state index >= 15 is 0 Å². The first-order chi connectivity index (χ1) is 6.69. The van der Waals surface area contributed by atoms with Crippen molar-refractivity contribution in [1.82, 2.24) is 5.32 Å². The highest BCUT2D eigenvalue weighted by molar-refractivity contribution is 7.80. The molecule has 0 aromatic heterocycles. The fraction of sp³-hybridized carbons (Fsp3) is 0.333. The summed E-state index contributed by atoms with van der Waals surface area (Å²) >= 11 is 3.90. The van der Waals surface area contributed by atoms with Gasteiger partial charge in [0.15, 0.2) is 11.6 Å². The molecule has 14 heavy (non-hydrogen) atoms. The lowest BCUT2D eigenvalue weighted by Crippen LogP contribution is -2.12. The molecule has 0 atom stereocenters. The van der Waals surface area contributed by atoms with Crippen LogP contribution in [0.25, 0.3) is 0 Å². The molecule has 0 amide bonds. The lowest BCUT2D eigenvalue weighted by molar-refractivity contribution is 0.381. The van der Waals surface area contributed by atoms with Crippen LogP contribution in [-0.2, 0) is 6.54 Å². The number of ether oxygens (including phenoxy) is 1. The third-order valence-electron chi connectivity index (χ3n) is 1.75. The molecule has 0 heterocycles. The Morgan fingerprint density at radius 2 is 2.07 bits per heavy atom. The highest BCUT2D eigenvalue weighted by atomic mass is 32.1. The maximum absolute atomic E-state index is 13.2. The summed E-state index contributed by atoms with van der Waals surface area (Å²) in [6.07, 6.45) is 0. The van der Waals surface area contributed by atoms with Crippen LogP contribution in [0.15, 0.2) is 12.1 Å². The van der Waals surface area contributed by atoms with Gasteiger partial charge >= 0.3 is 0 Å². The van der Waals surface area contributed by atoms with Crippen LogP contribution in [0.4, 0.5) is 8.78 Å². The van der Waals surface area contributed by atoms with Gasteiger partial charge in [-0.15, -0.1) is 0 Å². The Hall–Kier alpha value is -0.810. The summed E-state index contributed by atoms with van der Waals surface area (Å²) in [7, 11) is 1.30. The van der Waals surface area contributed by atoms with Crippen LogP contribution in [-0.4, -0.2) is 13.0 Å². The van der Waals surface area contributed by atoms with Crippen LogP contribution in [0.1, 0.15) is 5.56 Å². The minimum atomic E-state index is -0.565. The number of rotatable bonds is 4. The molecule has 1 N–H and O–H groups in total. The summed E-state index contributed by atoms with van der Waals surface area (Å²) in [5.74, 6) is -0.730. The van der Waals surface area contributed by atoms with Crippen molar-refractivity contribution in [2.24, 2.45) is 0 Å². The Labute approximate surface area is 86.7 Å². The summed E-state index contributed by atoms with van der Waals surface area (Å²) in [6, 6.07) is 2.15.